The summed E-state index contributed by atoms with van der Waals surface area (Å²) < 4.78 is 0. The van der Waals surface area contributed by atoms with Crippen molar-refractivity contribution in [2.75, 3.05) is 25.0 Å². The summed E-state index contributed by atoms with van der Waals surface area (Å²) in [6.45, 7) is 3.56. The van der Waals surface area contributed by atoms with Crippen molar-refractivity contribution in [3.05, 3.63) is 71.3 Å². The minimum Gasteiger partial charge on any atom is -0.480 e. The molecule has 0 bridgehead atoms. The van der Waals surface area contributed by atoms with Gasteiger partial charge < -0.3 is 19.7 Å². The Morgan fingerprint density at radius 1 is 1.12 bits per heavy atom. The van der Waals surface area contributed by atoms with E-state index in [2.05, 4.69) is 9.88 Å². The topological polar surface area (TPSA) is 86.2 Å². The second-order valence-corrected chi connectivity index (χ2v) is 9.32. The lowest BCUT2D eigenvalue weighted by atomic mass is 10.00. The first-order valence-corrected chi connectivity index (χ1v) is 11.8. The first-order chi connectivity index (χ1) is 16.4. The van der Waals surface area contributed by atoms with Crippen LogP contribution >= 0.6 is 0 Å². The first-order valence-electron chi connectivity index (χ1n) is 11.8. The molecule has 1 saturated heterocycles. The fourth-order valence-electron chi connectivity index (χ4n) is 5.40. The predicted molar refractivity (Wildman–Crippen MR) is 127 cm³/mol. The molecule has 1 N–H and O–H groups in total. The molecule has 8 heteroatoms. The molecule has 3 aliphatic rings. The van der Waals surface area contributed by atoms with Crippen LogP contribution in [-0.2, 0) is 16.1 Å². The highest BCUT2D eigenvalue weighted by molar-refractivity contribution is 5.94. The molecule has 0 saturated carbocycles. The zero-order chi connectivity index (χ0) is 23.8. The normalized spacial score (nSPS) is 22.8. The number of hydrogen-bond acceptors (Lipinski definition) is 6. The molecular weight excluding hydrogens is 432 g/mol. The van der Waals surface area contributed by atoms with E-state index in [9.17, 15) is 14.7 Å². The molecule has 3 heterocycles. The molecule has 2 atom stereocenters. The highest BCUT2D eigenvalue weighted by atomic mass is 16.7. The molecule has 1 aliphatic carbocycles. The largest absolute Gasteiger partial charge is 0.480 e. The van der Waals surface area contributed by atoms with Gasteiger partial charge in [0.15, 0.2) is 6.04 Å². The van der Waals surface area contributed by atoms with Crippen LogP contribution in [0.1, 0.15) is 53.7 Å². The van der Waals surface area contributed by atoms with Crippen molar-refractivity contribution in [1.82, 2.24) is 14.9 Å². The molecule has 34 heavy (non-hydrogen) atoms. The van der Waals surface area contributed by atoms with Crippen LogP contribution < -0.4 is 4.90 Å². The fourth-order valence-corrected chi connectivity index (χ4v) is 5.40. The van der Waals surface area contributed by atoms with Gasteiger partial charge in [0.1, 0.15) is 5.76 Å². The maximum absolute atomic E-state index is 13.4. The van der Waals surface area contributed by atoms with E-state index in [1.54, 1.807) is 30.5 Å². The standard InChI is InChI=1S/C26H30N4O4/c1-17-15-24(26(32)33)30(34-17)23-6-5-18-3-4-19(16-22(18)23)25(31)28(2)20-9-13-29(14-10-20)21-7-11-27-12-8-21/h3-4,7-8,11-12,15-16,20,23-24H,5-6,9-10,13-14H2,1-2H3,(H,32,33)/t23-,24?/m1/s1. The lowest BCUT2D eigenvalue weighted by Crippen LogP contribution is -2.45. The maximum atomic E-state index is 13.4. The van der Waals surface area contributed by atoms with Crippen molar-refractivity contribution < 1.29 is 19.5 Å². The van der Waals surface area contributed by atoms with E-state index in [1.807, 2.05) is 42.3 Å². The molecule has 0 spiro atoms. The Balaban J connectivity index is 1.28. The highest BCUT2D eigenvalue weighted by Gasteiger charge is 2.40. The van der Waals surface area contributed by atoms with Gasteiger partial charge in [0.05, 0.1) is 6.04 Å². The Hall–Kier alpha value is -3.39. The van der Waals surface area contributed by atoms with Crippen LogP contribution in [0.3, 0.4) is 0 Å². The number of aromatic nitrogens is 1. The van der Waals surface area contributed by atoms with Crippen LogP contribution in [0.2, 0.25) is 0 Å². The Morgan fingerprint density at radius 3 is 2.56 bits per heavy atom. The van der Waals surface area contributed by atoms with Crippen molar-refractivity contribution >= 4 is 17.6 Å². The Morgan fingerprint density at radius 2 is 1.85 bits per heavy atom. The minimum atomic E-state index is -0.935. The summed E-state index contributed by atoms with van der Waals surface area (Å²) in [6, 6.07) is 9.06. The van der Waals surface area contributed by atoms with Gasteiger partial charge in [0.2, 0.25) is 0 Å². The molecule has 1 aromatic heterocycles. The zero-order valence-electron chi connectivity index (χ0n) is 19.6. The summed E-state index contributed by atoms with van der Waals surface area (Å²) >= 11 is 0. The number of carbonyl (C=O) groups excluding carboxylic acids is 1. The van der Waals surface area contributed by atoms with Gasteiger partial charge in [-0.1, -0.05) is 6.07 Å². The van der Waals surface area contributed by atoms with Gasteiger partial charge in [-0.05, 0) is 74.1 Å². The Labute approximate surface area is 199 Å². The van der Waals surface area contributed by atoms with Gasteiger partial charge in [0, 0.05) is 49.8 Å². The number of carbonyl (C=O) groups is 2. The average Bonchev–Trinajstić information content (AvgIpc) is 3.46. The van der Waals surface area contributed by atoms with Gasteiger partial charge in [-0.25, -0.2) is 0 Å². The summed E-state index contributed by atoms with van der Waals surface area (Å²) in [7, 11) is 1.89. The number of hydroxylamine groups is 2. The number of aliphatic carboxylic acids is 1. The molecule has 2 aliphatic heterocycles. The minimum absolute atomic E-state index is 0.00208. The Kier molecular flexibility index (Phi) is 6.00. The van der Waals surface area contributed by atoms with Gasteiger partial charge in [0.25, 0.3) is 5.91 Å². The third-order valence-corrected chi connectivity index (χ3v) is 7.28. The van der Waals surface area contributed by atoms with Gasteiger partial charge in [-0.3, -0.25) is 14.6 Å². The van der Waals surface area contributed by atoms with Crippen LogP contribution in [0.15, 0.2) is 54.6 Å². The Bertz CT molecular complexity index is 1110. The summed E-state index contributed by atoms with van der Waals surface area (Å²) in [5.41, 5.74) is 3.94. The second kappa shape index (κ2) is 9.10. The lowest BCUT2D eigenvalue weighted by molar-refractivity contribution is -0.175. The number of carboxylic acid groups (broad SMARTS) is 1. The third-order valence-electron chi connectivity index (χ3n) is 7.28. The third kappa shape index (κ3) is 4.14. The molecule has 0 radical (unpaired) electrons. The van der Waals surface area contributed by atoms with E-state index >= 15 is 0 Å². The number of benzene rings is 1. The number of fused-ring (bicyclic) bond motifs is 1. The predicted octanol–water partition coefficient (Wildman–Crippen LogP) is 3.41. The molecule has 2 aromatic rings. The number of amides is 1. The van der Waals surface area contributed by atoms with E-state index in [1.165, 1.54) is 5.69 Å². The van der Waals surface area contributed by atoms with Gasteiger partial charge in [-0.15, -0.1) is 5.06 Å². The van der Waals surface area contributed by atoms with E-state index in [0.29, 0.717) is 11.3 Å². The van der Waals surface area contributed by atoms with Crippen molar-refractivity contribution in [3.63, 3.8) is 0 Å². The molecule has 8 nitrogen and oxygen atoms in total. The number of hydrogen-bond donors (Lipinski definition) is 1. The SMILES string of the molecule is CC1=CC(C(=O)O)N([C@@H]2CCc3ccc(C(=O)N(C)C4CCN(c5ccncc5)CC4)cc32)O1. The maximum Gasteiger partial charge on any atom is 0.328 e. The number of nitrogens with zero attached hydrogens (tertiary/aromatic N) is 4. The van der Waals surface area contributed by atoms with Gasteiger partial charge in [-0.2, -0.15) is 0 Å². The summed E-state index contributed by atoms with van der Waals surface area (Å²) in [5.74, 6) is -0.344. The molecule has 1 amide bonds. The number of anilines is 1. The number of allylic oxidation sites excluding steroid dienone is 1. The number of pyridine rings is 1. The highest BCUT2D eigenvalue weighted by Crippen LogP contribution is 2.40. The monoisotopic (exact) mass is 462 g/mol. The quantitative estimate of drug-likeness (QED) is 0.729. The molecular formula is C26H30N4O4. The van der Waals surface area contributed by atoms with Crippen molar-refractivity contribution in [1.29, 1.82) is 0 Å². The van der Waals surface area contributed by atoms with E-state index in [-0.39, 0.29) is 18.0 Å². The summed E-state index contributed by atoms with van der Waals surface area (Å²) in [6.07, 6.45) is 8.66. The summed E-state index contributed by atoms with van der Waals surface area (Å²) in [5, 5.41) is 11.2. The number of aryl methyl sites for hydroxylation is 1. The van der Waals surface area contributed by atoms with E-state index < -0.39 is 12.0 Å². The molecule has 5 rings (SSSR count). The van der Waals surface area contributed by atoms with Crippen LogP contribution in [0, 0.1) is 0 Å². The molecule has 1 unspecified atom stereocenters. The van der Waals surface area contributed by atoms with Crippen molar-refractivity contribution in [2.45, 2.75) is 50.7 Å². The van der Waals surface area contributed by atoms with Crippen LogP contribution in [0.5, 0.6) is 0 Å². The smallest absolute Gasteiger partial charge is 0.328 e. The van der Waals surface area contributed by atoms with Gasteiger partial charge >= 0.3 is 5.97 Å². The lowest BCUT2D eigenvalue weighted by Gasteiger charge is -2.38. The molecule has 178 valence electrons. The number of carboxylic acids is 1. The number of piperidine rings is 1. The molecule has 1 fully saturated rings. The molecule has 1 aromatic carbocycles. The van der Waals surface area contributed by atoms with Crippen molar-refractivity contribution in [3.8, 4) is 0 Å². The first kappa shape index (κ1) is 22.4. The van der Waals surface area contributed by atoms with E-state index in [0.717, 1.165) is 49.9 Å². The zero-order valence-corrected chi connectivity index (χ0v) is 19.6. The van der Waals surface area contributed by atoms with Crippen LogP contribution in [-0.4, -0.2) is 64.2 Å². The van der Waals surface area contributed by atoms with Crippen LogP contribution in [0.25, 0.3) is 0 Å². The van der Waals surface area contributed by atoms with E-state index in [4.69, 9.17) is 4.84 Å². The summed E-state index contributed by atoms with van der Waals surface area (Å²) in [4.78, 5) is 39.2. The average molecular weight is 463 g/mol. The van der Waals surface area contributed by atoms with Crippen LogP contribution in [0.4, 0.5) is 5.69 Å². The number of rotatable bonds is 5. The van der Waals surface area contributed by atoms with Crippen molar-refractivity contribution in [2.24, 2.45) is 0 Å². The fraction of sp³-hybridized carbons (Fsp3) is 0.423. The second-order valence-electron chi connectivity index (χ2n) is 9.32.